The minimum atomic E-state index is -0.645. The quantitative estimate of drug-likeness (QED) is 0.601. The number of nitrogens with one attached hydrogen (secondary N) is 1. The normalized spacial score (nSPS) is 10.3. The molecule has 0 saturated heterocycles. The number of carbonyl (C=O) groups is 1. The van der Waals surface area contributed by atoms with Crippen molar-refractivity contribution in [1.29, 1.82) is 0 Å². The highest BCUT2D eigenvalue weighted by molar-refractivity contribution is 9.10. The number of amides is 1. The topological polar surface area (TPSA) is 133 Å². The van der Waals surface area contributed by atoms with Gasteiger partial charge in [-0.25, -0.2) is 0 Å². The van der Waals surface area contributed by atoms with E-state index >= 15 is 0 Å². The molecule has 0 spiro atoms. The maximum Gasteiger partial charge on any atom is 0.404 e. The van der Waals surface area contributed by atoms with Gasteiger partial charge in [-0.2, -0.15) is 4.68 Å². The second-order valence-electron chi connectivity index (χ2n) is 4.39. The molecule has 1 heterocycles. The number of nitro groups is 2. The number of hydrogen-bond donors (Lipinski definition) is 1. The summed E-state index contributed by atoms with van der Waals surface area (Å²) in [7, 11) is 0. The number of aryl methyl sites for hydroxylation is 1. The van der Waals surface area contributed by atoms with Gasteiger partial charge in [0.1, 0.15) is 10.2 Å². The van der Waals surface area contributed by atoms with Crippen molar-refractivity contribution in [2.24, 2.45) is 0 Å². The third kappa shape index (κ3) is 4.10. The van der Waals surface area contributed by atoms with E-state index in [-0.39, 0.29) is 34.6 Å². The molecule has 1 aromatic heterocycles. The van der Waals surface area contributed by atoms with Gasteiger partial charge in [0.15, 0.2) is 0 Å². The first kappa shape index (κ1) is 16.5. The molecule has 2 rings (SSSR count). The molecule has 0 radical (unpaired) electrons. The summed E-state index contributed by atoms with van der Waals surface area (Å²) in [6.07, 6.45) is 1.34. The van der Waals surface area contributed by atoms with Crippen LogP contribution in [-0.4, -0.2) is 25.5 Å². The van der Waals surface area contributed by atoms with Gasteiger partial charge in [0.2, 0.25) is 5.91 Å². The van der Waals surface area contributed by atoms with Crippen molar-refractivity contribution < 1.29 is 14.6 Å². The molecule has 23 heavy (non-hydrogen) atoms. The van der Waals surface area contributed by atoms with E-state index in [9.17, 15) is 25.0 Å². The molecule has 0 unspecified atom stereocenters. The van der Waals surface area contributed by atoms with Gasteiger partial charge < -0.3 is 15.4 Å². The molecule has 1 aromatic carbocycles. The third-order valence-electron chi connectivity index (χ3n) is 2.81. The van der Waals surface area contributed by atoms with Crippen LogP contribution in [0.4, 0.5) is 17.2 Å². The zero-order valence-corrected chi connectivity index (χ0v) is 13.1. The summed E-state index contributed by atoms with van der Waals surface area (Å²) in [4.78, 5) is 32.2. The highest BCUT2D eigenvalue weighted by Crippen LogP contribution is 2.24. The lowest BCUT2D eigenvalue weighted by Crippen LogP contribution is -2.15. The predicted octanol–water partition coefficient (Wildman–Crippen LogP) is 2.49. The number of aromatic nitrogens is 2. The molecule has 0 aliphatic heterocycles. The number of benzene rings is 1. The molecule has 1 amide bonds. The Labute approximate surface area is 137 Å². The fourth-order valence-corrected chi connectivity index (χ4v) is 2.25. The molecule has 0 bridgehead atoms. The average Bonchev–Trinajstić information content (AvgIpc) is 2.87. The second kappa shape index (κ2) is 6.96. The van der Waals surface area contributed by atoms with Crippen molar-refractivity contribution in [3.05, 3.63) is 55.2 Å². The fourth-order valence-electron chi connectivity index (χ4n) is 1.79. The van der Waals surface area contributed by atoms with Crippen LogP contribution in [0.1, 0.15) is 6.42 Å². The number of hydrogen-bond acceptors (Lipinski definition) is 6. The highest BCUT2D eigenvalue weighted by Gasteiger charge is 2.19. The van der Waals surface area contributed by atoms with E-state index in [1.165, 1.54) is 29.1 Å². The van der Waals surface area contributed by atoms with Crippen molar-refractivity contribution in [1.82, 2.24) is 9.78 Å². The Morgan fingerprint density at radius 2 is 1.96 bits per heavy atom. The lowest BCUT2D eigenvalue weighted by molar-refractivity contribution is -0.390. The minimum absolute atomic E-state index is 0.0443. The van der Waals surface area contributed by atoms with E-state index in [0.29, 0.717) is 0 Å². The lowest BCUT2D eigenvalue weighted by Gasteiger charge is -2.05. The van der Waals surface area contributed by atoms with Crippen molar-refractivity contribution in [3.8, 4) is 0 Å². The van der Waals surface area contributed by atoms with Gasteiger partial charge in [0, 0.05) is 12.5 Å². The summed E-state index contributed by atoms with van der Waals surface area (Å²) in [6.45, 7) is 0.0961. The summed E-state index contributed by atoms with van der Waals surface area (Å²) < 4.78 is 1.46. The van der Waals surface area contributed by atoms with Gasteiger partial charge >= 0.3 is 5.82 Å². The van der Waals surface area contributed by atoms with E-state index < -0.39 is 15.8 Å². The maximum atomic E-state index is 11.9. The van der Waals surface area contributed by atoms with Gasteiger partial charge in [0.05, 0.1) is 22.8 Å². The van der Waals surface area contributed by atoms with E-state index in [2.05, 4.69) is 26.3 Å². The molecular weight excluding hydrogens is 374 g/mol. The third-order valence-corrected chi connectivity index (χ3v) is 3.37. The Morgan fingerprint density at radius 1 is 1.26 bits per heavy atom. The SMILES string of the molecule is O=C(CCn1cc(Br)c([N+](=O)[O-])n1)Nc1ccccc1[N+](=O)[O-]. The summed E-state index contributed by atoms with van der Waals surface area (Å²) in [6, 6.07) is 5.76. The summed E-state index contributed by atoms with van der Waals surface area (Å²) in [5.74, 6) is -0.808. The Morgan fingerprint density at radius 3 is 2.57 bits per heavy atom. The van der Waals surface area contributed by atoms with Gasteiger partial charge in [0.25, 0.3) is 5.69 Å². The second-order valence-corrected chi connectivity index (χ2v) is 5.25. The van der Waals surface area contributed by atoms with Crippen molar-refractivity contribution in [3.63, 3.8) is 0 Å². The number of rotatable bonds is 6. The van der Waals surface area contributed by atoms with E-state index in [0.717, 1.165) is 0 Å². The van der Waals surface area contributed by atoms with Crippen molar-refractivity contribution >= 4 is 39.0 Å². The standard InChI is InChI=1S/C12H10BrN5O5/c13-8-7-16(15-12(8)18(22)23)6-5-11(19)14-9-3-1-2-4-10(9)17(20)21/h1-4,7H,5-6H2,(H,14,19). The monoisotopic (exact) mass is 383 g/mol. The predicted molar refractivity (Wildman–Crippen MR) is 82.9 cm³/mol. The first-order valence-electron chi connectivity index (χ1n) is 6.29. The molecule has 0 atom stereocenters. The van der Waals surface area contributed by atoms with Crippen LogP contribution in [0.2, 0.25) is 0 Å². The van der Waals surface area contributed by atoms with Crippen LogP contribution in [0.3, 0.4) is 0 Å². The van der Waals surface area contributed by atoms with Crippen LogP contribution in [-0.2, 0) is 11.3 Å². The Kier molecular flexibility index (Phi) is 5.01. The number of para-hydroxylation sites is 2. The number of halogens is 1. The van der Waals surface area contributed by atoms with E-state index in [1.54, 1.807) is 6.07 Å². The molecule has 0 fully saturated rings. The summed E-state index contributed by atoms with van der Waals surface area (Å²) in [5, 5.41) is 27.7. The van der Waals surface area contributed by atoms with Crippen LogP contribution in [0.25, 0.3) is 0 Å². The van der Waals surface area contributed by atoms with Crippen LogP contribution in [0.5, 0.6) is 0 Å². The van der Waals surface area contributed by atoms with Crippen LogP contribution < -0.4 is 5.32 Å². The Hall–Kier alpha value is -2.82. The average molecular weight is 384 g/mol. The van der Waals surface area contributed by atoms with Crippen molar-refractivity contribution in [2.75, 3.05) is 5.32 Å². The first-order valence-corrected chi connectivity index (χ1v) is 7.08. The molecule has 0 saturated carbocycles. The largest absolute Gasteiger partial charge is 0.404 e. The summed E-state index contributed by atoms with van der Waals surface area (Å²) >= 11 is 3.00. The summed E-state index contributed by atoms with van der Waals surface area (Å²) in [5.41, 5.74) is -0.117. The number of anilines is 1. The molecule has 2 aromatic rings. The Bertz CT molecular complexity index is 775. The highest BCUT2D eigenvalue weighted by atomic mass is 79.9. The Balaban J connectivity index is 2.00. The number of nitrogens with zero attached hydrogens (tertiary/aromatic N) is 4. The van der Waals surface area contributed by atoms with E-state index in [1.807, 2.05) is 0 Å². The molecule has 10 nitrogen and oxygen atoms in total. The van der Waals surface area contributed by atoms with Gasteiger partial charge in [-0.1, -0.05) is 12.1 Å². The van der Waals surface area contributed by atoms with E-state index in [4.69, 9.17) is 0 Å². The minimum Gasteiger partial charge on any atom is -0.358 e. The van der Waals surface area contributed by atoms with Gasteiger partial charge in [-0.05, 0) is 26.9 Å². The smallest absolute Gasteiger partial charge is 0.358 e. The maximum absolute atomic E-state index is 11.9. The zero-order chi connectivity index (χ0) is 17.0. The zero-order valence-electron chi connectivity index (χ0n) is 11.5. The molecule has 120 valence electrons. The number of carbonyl (C=O) groups excluding carboxylic acids is 1. The van der Waals surface area contributed by atoms with Crippen molar-refractivity contribution in [2.45, 2.75) is 13.0 Å². The lowest BCUT2D eigenvalue weighted by atomic mass is 10.2. The molecule has 1 N–H and O–H groups in total. The first-order chi connectivity index (χ1) is 10.9. The molecule has 0 aliphatic carbocycles. The van der Waals surface area contributed by atoms with Gasteiger partial charge in [-0.3, -0.25) is 14.9 Å². The van der Waals surface area contributed by atoms with Crippen LogP contribution >= 0.6 is 15.9 Å². The van der Waals surface area contributed by atoms with Crippen LogP contribution in [0, 0.1) is 20.2 Å². The van der Waals surface area contributed by atoms with Crippen LogP contribution in [0.15, 0.2) is 34.9 Å². The molecule has 0 aliphatic rings. The fraction of sp³-hybridized carbons (Fsp3) is 0.167. The molecular formula is C12H10BrN5O5. The molecule has 11 heteroatoms. The van der Waals surface area contributed by atoms with Gasteiger partial charge in [-0.15, -0.1) is 0 Å². The number of nitro benzene ring substituents is 1.